The third-order valence-electron chi connectivity index (χ3n) is 3.30. The van der Waals surface area contributed by atoms with Crippen LogP contribution in [0.25, 0.3) is 10.8 Å². The average molecular weight is 331 g/mol. The van der Waals surface area contributed by atoms with Gasteiger partial charge in [0.25, 0.3) is 0 Å². The lowest BCUT2D eigenvalue weighted by Gasteiger charge is -2.05. The zero-order chi connectivity index (χ0) is 16.2. The first-order valence-corrected chi connectivity index (χ1v) is 8.15. The van der Waals surface area contributed by atoms with E-state index in [2.05, 4.69) is 10.1 Å². The van der Waals surface area contributed by atoms with Crippen molar-refractivity contribution >= 4 is 17.3 Å². The normalized spacial score (nSPS) is 10.9. The fourth-order valence-corrected chi connectivity index (χ4v) is 2.98. The maximum absolute atomic E-state index is 11.8. The lowest BCUT2D eigenvalue weighted by atomic mass is 10.4. The highest BCUT2D eigenvalue weighted by Crippen LogP contribution is 2.24. The Balaban J connectivity index is 1.48. The zero-order valence-electron chi connectivity index (χ0n) is 13.0. The van der Waals surface area contributed by atoms with Crippen molar-refractivity contribution in [1.82, 2.24) is 14.8 Å². The Morgan fingerprint density at radius 3 is 3.00 bits per heavy atom. The summed E-state index contributed by atoms with van der Waals surface area (Å²) in [5, 5.41) is 6.97. The van der Waals surface area contributed by atoms with Gasteiger partial charge in [0.05, 0.1) is 30.6 Å². The molecule has 3 heterocycles. The summed E-state index contributed by atoms with van der Waals surface area (Å²) in [6, 6.07) is 5.65. The molecule has 0 aliphatic carbocycles. The van der Waals surface area contributed by atoms with Crippen LogP contribution in [-0.2, 0) is 22.7 Å². The minimum Gasteiger partial charge on any atom is -0.462 e. The van der Waals surface area contributed by atoms with Crippen molar-refractivity contribution in [2.45, 2.75) is 33.4 Å². The summed E-state index contributed by atoms with van der Waals surface area (Å²) in [7, 11) is 0. The van der Waals surface area contributed by atoms with Gasteiger partial charge in [0.1, 0.15) is 6.61 Å². The lowest BCUT2D eigenvalue weighted by molar-refractivity contribution is -0.145. The van der Waals surface area contributed by atoms with Gasteiger partial charge >= 0.3 is 5.97 Å². The molecule has 0 N–H and O–H groups in total. The number of aryl methyl sites for hydroxylation is 3. The molecule has 3 aromatic rings. The first-order valence-electron chi connectivity index (χ1n) is 7.27. The van der Waals surface area contributed by atoms with E-state index in [0.717, 1.165) is 27.8 Å². The third-order valence-corrected chi connectivity index (χ3v) is 4.20. The van der Waals surface area contributed by atoms with Crippen molar-refractivity contribution in [3.05, 3.63) is 46.9 Å². The summed E-state index contributed by atoms with van der Waals surface area (Å²) in [4.78, 5) is 16.2. The van der Waals surface area contributed by atoms with Gasteiger partial charge in [-0.1, -0.05) is 0 Å². The van der Waals surface area contributed by atoms with E-state index < -0.39 is 0 Å². The molecule has 0 aliphatic rings. The number of hydrogen-bond acceptors (Lipinski definition) is 6. The fraction of sp³-hybridized carbons (Fsp3) is 0.312. The van der Waals surface area contributed by atoms with E-state index in [9.17, 15) is 4.79 Å². The fourth-order valence-electron chi connectivity index (χ4n) is 2.21. The summed E-state index contributed by atoms with van der Waals surface area (Å²) < 4.78 is 12.4. The van der Waals surface area contributed by atoms with Crippen LogP contribution < -0.4 is 0 Å². The van der Waals surface area contributed by atoms with E-state index >= 15 is 0 Å². The molecule has 0 saturated heterocycles. The average Bonchev–Trinajstić information content (AvgIpc) is 3.24. The molecule has 0 amide bonds. The molecule has 0 unspecified atom stereocenters. The van der Waals surface area contributed by atoms with Gasteiger partial charge < -0.3 is 9.15 Å². The van der Waals surface area contributed by atoms with Crippen LogP contribution in [0.1, 0.15) is 23.5 Å². The highest BCUT2D eigenvalue weighted by atomic mass is 32.1. The molecule has 0 bridgehead atoms. The Morgan fingerprint density at radius 1 is 1.43 bits per heavy atom. The number of rotatable bonds is 6. The van der Waals surface area contributed by atoms with Gasteiger partial charge in [-0.05, 0) is 32.0 Å². The molecular formula is C16H17N3O3S. The van der Waals surface area contributed by atoms with Crippen molar-refractivity contribution in [3.63, 3.8) is 0 Å². The van der Waals surface area contributed by atoms with Crippen LogP contribution in [0, 0.1) is 13.8 Å². The smallest absolute Gasteiger partial charge is 0.308 e. The zero-order valence-corrected chi connectivity index (χ0v) is 13.8. The van der Waals surface area contributed by atoms with Gasteiger partial charge in [-0.3, -0.25) is 9.48 Å². The van der Waals surface area contributed by atoms with Gasteiger partial charge in [-0.25, -0.2) is 4.98 Å². The Hall–Kier alpha value is -2.41. The molecule has 6 nitrogen and oxygen atoms in total. The van der Waals surface area contributed by atoms with E-state index in [1.165, 1.54) is 11.3 Å². The Bertz CT molecular complexity index is 789. The van der Waals surface area contributed by atoms with E-state index in [1.54, 1.807) is 6.26 Å². The largest absolute Gasteiger partial charge is 0.462 e. The number of hydrogen-bond donors (Lipinski definition) is 0. The van der Waals surface area contributed by atoms with Gasteiger partial charge in [0.15, 0.2) is 10.8 Å². The molecular weight excluding hydrogens is 314 g/mol. The molecule has 0 fully saturated rings. The van der Waals surface area contributed by atoms with Gasteiger partial charge in [-0.15, -0.1) is 11.3 Å². The van der Waals surface area contributed by atoms with Crippen LogP contribution in [0.15, 0.2) is 34.3 Å². The maximum Gasteiger partial charge on any atom is 0.308 e. The topological polar surface area (TPSA) is 70.2 Å². The van der Waals surface area contributed by atoms with Crippen LogP contribution in [0.5, 0.6) is 0 Å². The van der Waals surface area contributed by atoms with Crippen LogP contribution in [0.2, 0.25) is 0 Å². The van der Waals surface area contributed by atoms with Crippen LogP contribution in [0.3, 0.4) is 0 Å². The number of carbonyl (C=O) groups is 1. The maximum atomic E-state index is 11.8. The van der Waals surface area contributed by atoms with Crippen LogP contribution >= 0.6 is 11.3 Å². The molecule has 0 aliphatic heterocycles. The molecule has 7 heteroatoms. The molecule has 0 atom stereocenters. The van der Waals surface area contributed by atoms with E-state index in [-0.39, 0.29) is 19.0 Å². The first kappa shape index (κ1) is 15.5. The quantitative estimate of drug-likeness (QED) is 0.648. The number of furan rings is 1. The predicted octanol–water partition coefficient (Wildman–Crippen LogP) is 3.35. The second kappa shape index (κ2) is 6.78. The second-order valence-corrected chi connectivity index (χ2v) is 6.04. The molecule has 0 spiro atoms. The highest BCUT2D eigenvalue weighted by Gasteiger charge is 2.10. The molecule has 3 aromatic heterocycles. The van der Waals surface area contributed by atoms with Gasteiger partial charge in [0, 0.05) is 11.1 Å². The van der Waals surface area contributed by atoms with Gasteiger partial charge in [0.2, 0.25) is 0 Å². The Morgan fingerprint density at radius 2 is 2.30 bits per heavy atom. The summed E-state index contributed by atoms with van der Waals surface area (Å²) in [6.07, 6.45) is 1.90. The molecule has 120 valence electrons. The number of esters is 1. The van der Waals surface area contributed by atoms with Crippen molar-refractivity contribution in [2.24, 2.45) is 0 Å². The number of nitrogens with zero attached hydrogens (tertiary/aromatic N) is 3. The van der Waals surface area contributed by atoms with Crippen molar-refractivity contribution in [3.8, 4) is 10.8 Å². The highest BCUT2D eigenvalue weighted by molar-refractivity contribution is 7.13. The predicted molar refractivity (Wildman–Crippen MR) is 85.9 cm³/mol. The molecule has 0 aromatic carbocycles. The summed E-state index contributed by atoms with van der Waals surface area (Å²) in [6.45, 7) is 4.60. The first-order chi connectivity index (χ1) is 11.1. The monoisotopic (exact) mass is 331 g/mol. The van der Waals surface area contributed by atoms with Crippen LogP contribution in [-0.4, -0.2) is 20.7 Å². The number of carbonyl (C=O) groups excluding carboxylic acids is 1. The Labute approximate surface area is 137 Å². The summed E-state index contributed by atoms with van der Waals surface area (Å²) >= 11 is 1.46. The Kier molecular flexibility index (Phi) is 4.57. The SMILES string of the molecule is Cc1cc(C)n(CCC(=O)OCc2csc(-c3ccco3)n2)n1. The summed E-state index contributed by atoms with van der Waals surface area (Å²) in [5.41, 5.74) is 2.71. The van der Waals surface area contributed by atoms with E-state index in [4.69, 9.17) is 9.15 Å². The van der Waals surface area contributed by atoms with Crippen molar-refractivity contribution < 1.29 is 13.9 Å². The lowest BCUT2D eigenvalue weighted by Crippen LogP contribution is -2.11. The summed E-state index contributed by atoms with van der Waals surface area (Å²) in [5.74, 6) is 0.460. The number of thiazole rings is 1. The van der Waals surface area contributed by atoms with Gasteiger partial charge in [-0.2, -0.15) is 5.10 Å². The number of aromatic nitrogens is 3. The molecule has 0 saturated carbocycles. The van der Waals surface area contributed by atoms with Crippen molar-refractivity contribution in [2.75, 3.05) is 0 Å². The standard InChI is InChI=1S/C16H17N3O3S/c1-11-8-12(2)19(18-11)6-5-15(20)22-9-13-10-23-16(17-13)14-4-3-7-21-14/h3-4,7-8,10H,5-6,9H2,1-2H3. The van der Waals surface area contributed by atoms with E-state index in [0.29, 0.717) is 6.54 Å². The third kappa shape index (κ3) is 3.87. The molecule has 3 rings (SSSR count). The van der Waals surface area contributed by atoms with E-state index in [1.807, 2.05) is 42.1 Å². The number of ether oxygens (including phenoxy) is 1. The molecule has 23 heavy (non-hydrogen) atoms. The van der Waals surface area contributed by atoms with Crippen molar-refractivity contribution in [1.29, 1.82) is 0 Å². The molecule has 0 radical (unpaired) electrons. The van der Waals surface area contributed by atoms with Crippen LogP contribution in [0.4, 0.5) is 0 Å². The second-order valence-electron chi connectivity index (χ2n) is 5.18. The minimum absolute atomic E-state index is 0.174. The minimum atomic E-state index is -0.259.